The van der Waals surface area contributed by atoms with Crippen LogP contribution in [0.15, 0.2) is 28.7 Å². The average Bonchev–Trinajstić information content (AvgIpc) is 2.36. The molecule has 104 valence electrons. The largest absolute Gasteiger partial charge is 0.484 e. The predicted octanol–water partition coefficient (Wildman–Crippen LogP) is 3.33. The standard InChI is InChI=1S/C15H20BrNO2/c1-11-7-12(2)9-17(8-11)15(18)10-19-14-5-3-13(16)4-6-14/h3-6,11-12H,7-10H2,1-2H3/t11-,12-/m1/s1. The first kappa shape index (κ1) is 14.4. The van der Waals surface area contributed by atoms with Gasteiger partial charge in [-0.2, -0.15) is 0 Å². The summed E-state index contributed by atoms with van der Waals surface area (Å²) >= 11 is 3.37. The van der Waals surface area contributed by atoms with Crippen LogP contribution in [0, 0.1) is 11.8 Å². The molecule has 0 radical (unpaired) electrons. The van der Waals surface area contributed by atoms with Gasteiger partial charge in [-0.15, -0.1) is 0 Å². The fourth-order valence-corrected chi connectivity index (χ4v) is 2.90. The number of hydrogen-bond donors (Lipinski definition) is 0. The minimum Gasteiger partial charge on any atom is -0.484 e. The smallest absolute Gasteiger partial charge is 0.260 e. The quantitative estimate of drug-likeness (QED) is 0.853. The molecule has 2 atom stereocenters. The Balaban J connectivity index is 1.85. The molecule has 1 aliphatic heterocycles. The van der Waals surface area contributed by atoms with E-state index in [2.05, 4.69) is 29.8 Å². The van der Waals surface area contributed by atoms with E-state index in [9.17, 15) is 4.79 Å². The van der Waals surface area contributed by atoms with E-state index in [-0.39, 0.29) is 12.5 Å². The highest BCUT2D eigenvalue weighted by atomic mass is 79.9. The molecule has 1 amide bonds. The number of carbonyl (C=O) groups is 1. The Kier molecular flexibility index (Phi) is 4.86. The Morgan fingerprint density at radius 3 is 2.42 bits per heavy atom. The second-order valence-corrected chi connectivity index (χ2v) is 6.40. The number of hydrogen-bond acceptors (Lipinski definition) is 2. The van der Waals surface area contributed by atoms with Gasteiger partial charge in [-0.1, -0.05) is 29.8 Å². The van der Waals surface area contributed by atoms with Crippen LogP contribution < -0.4 is 4.74 Å². The van der Waals surface area contributed by atoms with Gasteiger partial charge in [-0.3, -0.25) is 4.79 Å². The molecule has 0 saturated carbocycles. The minimum atomic E-state index is 0.0846. The molecule has 1 aromatic rings. The maximum absolute atomic E-state index is 12.1. The van der Waals surface area contributed by atoms with Gasteiger partial charge in [0.05, 0.1) is 0 Å². The van der Waals surface area contributed by atoms with Crippen molar-refractivity contribution in [1.82, 2.24) is 4.90 Å². The zero-order valence-corrected chi connectivity index (χ0v) is 13.0. The maximum atomic E-state index is 12.1. The molecule has 0 aromatic heterocycles. The molecule has 1 heterocycles. The van der Waals surface area contributed by atoms with E-state index in [1.165, 1.54) is 6.42 Å². The van der Waals surface area contributed by atoms with Crippen LogP contribution in [0.2, 0.25) is 0 Å². The monoisotopic (exact) mass is 325 g/mol. The lowest BCUT2D eigenvalue weighted by Gasteiger charge is -2.34. The average molecular weight is 326 g/mol. The Hall–Kier alpha value is -1.03. The van der Waals surface area contributed by atoms with Crippen molar-refractivity contribution in [3.05, 3.63) is 28.7 Å². The molecule has 1 saturated heterocycles. The summed E-state index contributed by atoms with van der Waals surface area (Å²) in [5, 5.41) is 0. The second-order valence-electron chi connectivity index (χ2n) is 5.49. The summed E-state index contributed by atoms with van der Waals surface area (Å²) < 4.78 is 6.54. The van der Waals surface area contributed by atoms with E-state index in [4.69, 9.17) is 4.74 Å². The highest BCUT2D eigenvalue weighted by Crippen LogP contribution is 2.21. The van der Waals surface area contributed by atoms with Gasteiger partial charge in [0, 0.05) is 17.6 Å². The summed E-state index contributed by atoms with van der Waals surface area (Å²) in [6.45, 7) is 6.23. The van der Waals surface area contributed by atoms with Crippen LogP contribution in [-0.2, 0) is 4.79 Å². The SMILES string of the molecule is C[C@@H]1C[C@@H](C)CN(C(=O)COc2ccc(Br)cc2)C1. The van der Waals surface area contributed by atoms with Gasteiger partial charge < -0.3 is 9.64 Å². The first-order valence-electron chi connectivity index (χ1n) is 6.70. The Bertz CT molecular complexity index is 422. The number of ether oxygens (including phenoxy) is 1. The molecule has 2 rings (SSSR count). The summed E-state index contributed by atoms with van der Waals surface area (Å²) in [5.41, 5.74) is 0. The number of nitrogens with zero attached hydrogens (tertiary/aromatic N) is 1. The topological polar surface area (TPSA) is 29.5 Å². The van der Waals surface area contributed by atoms with Crippen LogP contribution in [0.4, 0.5) is 0 Å². The van der Waals surface area contributed by atoms with Crippen LogP contribution in [0.3, 0.4) is 0 Å². The number of rotatable bonds is 3. The van der Waals surface area contributed by atoms with Crippen molar-refractivity contribution in [2.75, 3.05) is 19.7 Å². The van der Waals surface area contributed by atoms with Gasteiger partial charge in [0.15, 0.2) is 6.61 Å². The van der Waals surface area contributed by atoms with E-state index < -0.39 is 0 Å². The molecule has 3 nitrogen and oxygen atoms in total. The molecular formula is C15H20BrNO2. The molecule has 1 aromatic carbocycles. The highest BCUT2D eigenvalue weighted by molar-refractivity contribution is 9.10. The first-order chi connectivity index (χ1) is 9.04. The minimum absolute atomic E-state index is 0.0846. The summed E-state index contributed by atoms with van der Waals surface area (Å²) in [5.74, 6) is 1.98. The van der Waals surface area contributed by atoms with Crippen LogP contribution in [-0.4, -0.2) is 30.5 Å². The zero-order chi connectivity index (χ0) is 13.8. The lowest BCUT2D eigenvalue weighted by atomic mass is 9.92. The highest BCUT2D eigenvalue weighted by Gasteiger charge is 2.25. The van der Waals surface area contributed by atoms with Gasteiger partial charge in [0.25, 0.3) is 5.91 Å². The van der Waals surface area contributed by atoms with Crippen LogP contribution in [0.1, 0.15) is 20.3 Å². The lowest BCUT2D eigenvalue weighted by Crippen LogP contribution is -2.44. The number of piperidine rings is 1. The molecule has 0 aliphatic carbocycles. The van der Waals surface area contributed by atoms with Crippen molar-refractivity contribution in [3.63, 3.8) is 0 Å². The number of halogens is 1. The summed E-state index contributed by atoms with van der Waals surface area (Å²) in [4.78, 5) is 14.0. The Morgan fingerprint density at radius 1 is 1.26 bits per heavy atom. The van der Waals surface area contributed by atoms with Crippen molar-refractivity contribution in [2.24, 2.45) is 11.8 Å². The van der Waals surface area contributed by atoms with Gasteiger partial charge in [-0.05, 0) is 42.5 Å². The fourth-order valence-electron chi connectivity index (χ4n) is 2.63. The van der Waals surface area contributed by atoms with Gasteiger partial charge >= 0.3 is 0 Å². The van der Waals surface area contributed by atoms with Crippen molar-refractivity contribution in [1.29, 1.82) is 0 Å². The number of carbonyl (C=O) groups excluding carboxylic acids is 1. The predicted molar refractivity (Wildman–Crippen MR) is 79.2 cm³/mol. The van der Waals surface area contributed by atoms with E-state index >= 15 is 0 Å². The van der Waals surface area contributed by atoms with Crippen molar-refractivity contribution in [2.45, 2.75) is 20.3 Å². The third-order valence-electron chi connectivity index (χ3n) is 3.40. The summed E-state index contributed by atoms with van der Waals surface area (Å²) in [7, 11) is 0. The third kappa shape index (κ3) is 4.23. The summed E-state index contributed by atoms with van der Waals surface area (Å²) in [6, 6.07) is 7.54. The Labute approximate surface area is 123 Å². The van der Waals surface area contributed by atoms with Crippen molar-refractivity contribution in [3.8, 4) is 5.75 Å². The van der Waals surface area contributed by atoms with E-state index in [0.29, 0.717) is 11.8 Å². The molecule has 1 aliphatic rings. The van der Waals surface area contributed by atoms with E-state index in [1.54, 1.807) is 0 Å². The van der Waals surface area contributed by atoms with Crippen LogP contribution >= 0.6 is 15.9 Å². The molecule has 0 unspecified atom stereocenters. The van der Waals surface area contributed by atoms with Gasteiger partial charge in [0.2, 0.25) is 0 Å². The lowest BCUT2D eigenvalue weighted by molar-refractivity contribution is -0.136. The molecular weight excluding hydrogens is 306 g/mol. The van der Waals surface area contributed by atoms with Crippen LogP contribution in [0.25, 0.3) is 0 Å². The van der Waals surface area contributed by atoms with Crippen molar-refractivity contribution >= 4 is 21.8 Å². The molecule has 4 heteroatoms. The van der Waals surface area contributed by atoms with E-state index in [0.717, 1.165) is 23.3 Å². The van der Waals surface area contributed by atoms with Gasteiger partial charge in [-0.25, -0.2) is 0 Å². The van der Waals surface area contributed by atoms with Gasteiger partial charge in [0.1, 0.15) is 5.75 Å². The molecule has 0 spiro atoms. The van der Waals surface area contributed by atoms with E-state index in [1.807, 2.05) is 29.2 Å². The second kappa shape index (κ2) is 6.42. The zero-order valence-electron chi connectivity index (χ0n) is 11.4. The first-order valence-corrected chi connectivity index (χ1v) is 7.50. The number of amides is 1. The summed E-state index contributed by atoms with van der Waals surface area (Å²) in [6.07, 6.45) is 1.21. The normalized spacial score (nSPS) is 23.2. The molecule has 0 bridgehead atoms. The Morgan fingerprint density at radius 2 is 1.84 bits per heavy atom. The van der Waals surface area contributed by atoms with Crippen molar-refractivity contribution < 1.29 is 9.53 Å². The molecule has 1 fully saturated rings. The molecule has 19 heavy (non-hydrogen) atoms. The fraction of sp³-hybridized carbons (Fsp3) is 0.533. The van der Waals surface area contributed by atoms with Crippen LogP contribution in [0.5, 0.6) is 5.75 Å². The third-order valence-corrected chi connectivity index (χ3v) is 3.93. The number of likely N-dealkylation sites (tertiary alicyclic amines) is 1. The maximum Gasteiger partial charge on any atom is 0.260 e. The number of benzene rings is 1. The molecule has 0 N–H and O–H groups in total.